The Balaban J connectivity index is 2.23. The molecule has 0 spiro atoms. The maximum Gasteiger partial charge on any atom is 0.187 e. The molecule has 0 saturated carbocycles. The lowest BCUT2D eigenvalue weighted by molar-refractivity contribution is -0.256. The first kappa shape index (κ1) is 11.3. The minimum Gasteiger partial charge on any atom is -0.451 e. The molecule has 0 atom stereocenters. The van der Waals surface area contributed by atoms with Crippen LogP contribution in [0.1, 0.15) is 0 Å². The second-order valence-electron chi connectivity index (χ2n) is 3.31. The zero-order chi connectivity index (χ0) is 11.5. The van der Waals surface area contributed by atoms with E-state index in [1.54, 1.807) is 42.5 Å². The van der Waals surface area contributed by atoms with Crippen molar-refractivity contribution < 1.29 is 10.5 Å². The molecule has 0 aliphatic carbocycles. The number of ether oxygens (including phenoxy) is 1. The quantitative estimate of drug-likeness (QED) is 0.873. The summed E-state index contributed by atoms with van der Waals surface area (Å²) in [5.74, 6) is 1.41. The standard InChI is InChI=1S/C12H9Cl2NO/c13-8-1-4-10(5-2-8)16-12-6-3-9(14)7-11(12)15/h1-7H,15H2/p+1. The summed E-state index contributed by atoms with van der Waals surface area (Å²) >= 11 is 11.6. The first-order valence-electron chi connectivity index (χ1n) is 4.70. The van der Waals surface area contributed by atoms with Gasteiger partial charge in [0.05, 0.1) is 0 Å². The number of halogens is 2. The van der Waals surface area contributed by atoms with Gasteiger partial charge in [-0.2, -0.15) is 0 Å². The molecule has 16 heavy (non-hydrogen) atoms. The van der Waals surface area contributed by atoms with E-state index in [9.17, 15) is 0 Å². The van der Waals surface area contributed by atoms with Gasteiger partial charge in [0.2, 0.25) is 0 Å². The molecule has 2 nitrogen and oxygen atoms in total. The van der Waals surface area contributed by atoms with Crippen LogP contribution in [0.3, 0.4) is 0 Å². The molecule has 0 amide bonds. The van der Waals surface area contributed by atoms with Crippen LogP contribution in [-0.2, 0) is 0 Å². The summed E-state index contributed by atoms with van der Waals surface area (Å²) in [5, 5.41) is 1.33. The summed E-state index contributed by atoms with van der Waals surface area (Å²) in [6.07, 6.45) is 0. The Bertz CT molecular complexity index is 497. The predicted octanol–water partition coefficient (Wildman–Crippen LogP) is 3.66. The molecule has 2 aromatic rings. The molecule has 0 aliphatic heterocycles. The fourth-order valence-corrected chi connectivity index (χ4v) is 1.60. The van der Waals surface area contributed by atoms with Crippen LogP contribution in [0, 0.1) is 0 Å². The van der Waals surface area contributed by atoms with Gasteiger partial charge in [0, 0.05) is 16.1 Å². The largest absolute Gasteiger partial charge is 0.451 e. The van der Waals surface area contributed by atoms with Crippen molar-refractivity contribution in [3.63, 3.8) is 0 Å². The average Bonchev–Trinajstić information content (AvgIpc) is 2.25. The summed E-state index contributed by atoms with van der Waals surface area (Å²) in [6.45, 7) is 0. The summed E-state index contributed by atoms with van der Waals surface area (Å²) in [5.41, 5.74) is 4.61. The van der Waals surface area contributed by atoms with Gasteiger partial charge in [-0.25, -0.2) is 0 Å². The third-order valence-corrected chi connectivity index (χ3v) is 2.55. The molecular weight excluding hydrogens is 245 g/mol. The van der Waals surface area contributed by atoms with Crippen LogP contribution in [0.15, 0.2) is 42.5 Å². The molecule has 0 bridgehead atoms. The van der Waals surface area contributed by atoms with Gasteiger partial charge in [0.1, 0.15) is 5.75 Å². The molecule has 3 N–H and O–H groups in total. The minimum absolute atomic E-state index is 0.647. The highest BCUT2D eigenvalue weighted by Gasteiger charge is 2.05. The third kappa shape index (κ3) is 2.67. The smallest absolute Gasteiger partial charge is 0.187 e. The van der Waals surface area contributed by atoms with Gasteiger partial charge < -0.3 is 10.5 Å². The Morgan fingerprint density at radius 3 is 2.12 bits per heavy atom. The summed E-state index contributed by atoms with van der Waals surface area (Å²) in [4.78, 5) is 0. The first-order valence-corrected chi connectivity index (χ1v) is 5.46. The molecule has 0 saturated heterocycles. The fourth-order valence-electron chi connectivity index (χ4n) is 1.28. The van der Waals surface area contributed by atoms with Crippen LogP contribution in [0.4, 0.5) is 5.69 Å². The van der Waals surface area contributed by atoms with Crippen LogP contribution < -0.4 is 10.5 Å². The van der Waals surface area contributed by atoms with Crippen molar-refractivity contribution in [2.75, 3.05) is 0 Å². The lowest BCUT2D eigenvalue weighted by Crippen LogP contribution is -2.40. The van der Waals surface area contributed by atoms with E-state index in [2.05, 4.69) is 5.73 Å². The lowest BCUT2D eigenvalue weighted by Gasteiger charge is -2.06. The molecule has 0 radical (unpaired) electrons. The molecule has 0 fully saturated rings. The van der Waals surface area contributed by atoms with Gasteiger partial charge in [0.25, 0.3) is 0 Å². The monoisotopic (exact) mass is 254 g/mol. The SMILES string of the molecule is [NH3+]c1cc(Cl)ccc1Oc1ccc(Cl)cc1. The summed E-state index contributed by atoms with van der Waals surface area (Å²) in [7, 11) is 0. The molecule has 2 aromatic carbocycles. The Labute approximate surface area is 104 Å². The highest BCUT2D eigenvalue weighted by atomic mass is 35.5. The van der Waals surface area contributed by atoms with Crippen LogP contribution in [-0.4, -0.2) is 0 Å². The van der Waals surface area contributed by atoms with E-state index in [4.69, 9.17) is 27.9 Å². The van der Waals surface area contributed by atoms with Crippen LogP contribution in [0.5, 0.6) is 11.5 Å². The van der Waals surface area contributed by atoms with Crippen molar-refractivity contribution in [1.82, 2.24) is 0 Å². The number of hydrogen-bond donors (Lipinski definition) is 1. The van der Waals surface area contributed by atoms with Crippen molar-refractivity contribution in [1.29, 1.82) is 0 Å². The highest BCUT2D eigenvalue weighted by Crippen LogP contribution is 2.29. The van der Waals surface area contributed by atoms with Gasteiger partial charge in [-0.05, 0) is 36.4 Å². The van der Waals surface area contributed by atoms with Crippen molar-refractivity contribution >= 4 is 28.9 Å². The van der Waals surface area contributed by atoms with Crippen molar-refractivity contribution in [3.05, 3.63) is 52.5 Å². The van der Waals surface area contributed by atoms with Crippen LogP contribution in [0.25, 0.3) is 0 Å². The average molecular weight is 255 g/mol. The molecule has 2 rings (SSSR count). The molecule has 0 aliphatic rings. The Hall–Kier alpha value is -1.22. The number of hydrogen-bond acceptors (Lipinski definition) is 1. The van der Waals surface area contributed by atoms with E-state index in [0.717, 1.165) is 11.4 Å². The van der Waals surface area contributed by atoms with Crippen molar-refractivity contribution in [3.8, 4) is 11.5 Å². The topological polar surface area (TPSA) is 36.9 Å². The lowest BCUT2D eigenvalue weighted by atomic mass is 10.3. The third-order valence-electron chi connectivity index (χ3n) is 2.06. The predicted molar refractivity (Wildman–Crippen MR) is 65.5 cm³/mol. The summed E-state index contributed by atoms with van der Waals surface area (Å²) < 4.78 is 5.64. The molecular formula is C12H10Cl2NO+. The molecule has 82 valence electrons. The van der Waals surface area contributed by atoms with Gasteiger partial charge in [-0.15, -0.1) is 0 Å². The first-order chi connectivity index (χ1) is 7.65. The zero-order valence-corrected chi connectivity index (χ0v) is 9.92. The zero-order valence-electron chi connectivity index (χ0n) is 8.41. The second kappa shape index (κ2) is 4.74. The molecule has 0 aromatic heterocycles. The fraction of sp³-hybridized carbons (Fsp3) is 0. The Morgan fingerprint density at radius 1 is 0.875 bits per heavy atom. The van der Waals surface area contributed by atoms with Crippen molar-refractivity contribution in [2.24, 2.45) is 0 Å². The van der Waals surface area contributed by atoms with E-state index < -0.39 is 0 Å². The van der Waals surface area contributed by atoms with Gasteiger partial charge in [-0.3, -0.25) is 0 Å². The van der Waals surface area contributed by atoms with E-state index in [0.29, 0.717) is 15.8 Å². The highest BCUT2D eigenvalue weighted by molar-refractivity contribution is 6.31. The van der Waals surface area contributed by atoms with Gasteiger partial charge in [-0.1, -0.05) is 23.2 Å². The van der Waals surface area contributed by atoms with E-state index in [-0.39, 0.29) is 0 Å². The normalized spacial score (nSPS) is 10.2. The number of rotatable bonds is 2. The van der Waals surface area contributed by atoms with Crippen LogP contribution in [0.2, 0.25) is 10.0 Å². The Kier molecular flexibility index (Phi) is 3.34. The Morgan fingerprint density at radius 2 is 1.50 bits per heavy atom. The van der Waals surface area contributed by atoms with E-state index in [1.165, 1.54) is 0 Å². The summed E-state index contributed by atoms with van der Waals surface area (Å²) in [6, 6.07) is 12.5. The maximum atomic E-state index is 5.83. The molecule has 0 heterocycles. The van der Waals surface area contributed by atoms with Gasteiger partial charge in [0.15, 0.2) is 11.4 Å². The second-order valence-corrected chi connectivity index (χ2v) is 4.18. The minimum atomic E-state index is 0.647. The molecule has 4 heteroatoms. The number of benzene rings is 2. The van der Waals surface area contributed by atoms with Gasteiger partial charge >= 0.3 is 0 Å². The van der Waals surface area contributed by atoms with E-state index >= 15 is 0 Å². The molecule has 0 unspecified atom stereocenters. The van der Waals surface area contributed by atoms with Crippen LogP contribution >= 0.6 is 23.2 Å². The number of quaternary nitrogens is 1. The van der Waals surface area contributed by atoms with E-state index in [1.807, 2.05) is 0 Å². The maximum absolute atomic E-state index is 5.83. The van der Waals surface area contributed by atoms with Crippen molar-refractivity contribution in [2.45, 2.75) is 0 Å².